The minimum absolute atomic E-state index is 0.0118. The zero-order valence-corrected chi connectivity index (χ0v) is 31.9. The number of hydrogen-bond acceptors (Lipinski definition) is 11. The molecule has 0 saturated carbocycles. The number of allylic oxidation sites excluding steroid dienone is 1. The van der Waals surface area contributed by atoms with Crippen LogP contribution >= 0.6 is 0 Å². The zero-order chi connectivity index (χ0) is 39.2. The molecule has 0 bridgehead atoms. The van der Waals surface area contributed by atoms with Gasteiger partial charge in [-0.3, -0.25) is 29.5 Å². The number of nitrogens with two attached hydrogens (primary N) is 2. The summed E-state index contributed by atoms with van der Waals surface area (Å²) in [6, 6.07) is 23.0. The number of nitrogens with zero attached hydrogens (tertiary/aromatic N) is 4. The summed E-state index contributed by atoms with van der Waals surface area (Å²) in [5, 5.41) is 15.8. The van der Waals surface area contributed by atoms with Crippen molar-refractivity contribution in [1.29, 1.82) is 0 Å². The Kier molecular flexibility index (Phi) is 12.1. The van der Waals surface area contributed by atoms with E-state index in [1.807, 2.05) is 35.2 Å². The third-order valence-corrected chi connectivity index (χ3v) is 11.3. The van der Waals surface area contributed by atoms with Gasteiger partial charge in [-0.15, -0.1) is 0 Å². The Morgan fingerprint density at radius 2 is 1.62 bits per heavy atom. The fraction of sp³-hybridized carbons (Fsp3) is 0.405. The van der Waals surface area contributed by atoms with Crippen LogP contribution in [0.5, 0.6) is 11.5 Å². The van der Waals surface area contributed by atoms with Crippen molar-refractivity contribution in [3.8, 4) is 11.5 Å². The first kappa shape index (κ1) is 38.7. The van der Waals surface area contributed by atoms with E-state index in [1.165, 1.54) is 11.1 Å². The van der Waals surface area contributed by atoms with Crippen molar-refractivity contribution in [2.24, 2.45) is 11.5 Å². The smallest absolute Gasteiger partial charge is 0.249 e. The predicted molar refractivity (Wildman–Crippen MR) is 213 cm³/mol. The van der Waals surface area contributed by atoms with Crippen LogP contribution in [0.2, 0.25) is 0 Å². The third-order valence-electron chi connectivity index (χ3n) is 11.3. The number of imide groups is 1. The number of hydrogen-bond donors (Lipinski definition) is 6. The minimum atomic E-state index is -0.391. The average Bonchev–Trinajstić information content (AvgIpc) is 3.17. The summed E-state index contributed by atoms with van der Waals surface area (Å²) in [5.74, 6) is 1.48. The summed E-state index contributed by atoms with van der Waals surface area (Å²) in [6.45, 7) is 7.37. The fourth-order valence-electron chi connectivity index (χ4n) is 7.96. The van der Waals surface area contributed by atoms with Gasteiger partial charge in [0.15, 0.2) is 0 Å². The number of benzene rings is 3. The summed E-state index contributed by atoms with van der Waals surface area (Å²) >= 11 is 0. The molecule has 1 atom stereocenters. The van der Waals surface area contributed by atoms with Gasteiger partial charge in [-0.1, -0.05) is 36.4 Å². The monoisotopic (exact) mass is 764 g/mol. The topological polar surface area (TPSA) is 197 Å². The molecule has 0 spiro atoms. The lowest BCUT2D eigenvalue weighted by molar-refractivity contribution is -0.308. The van der Waals surface area contributed by atoms with Gasteiger partial charge in [0.2, 0.25) is 23.5 Å². The summed E-state index contributed by atoms with van der Waals surface area (Å²) in [6.07, 6.45) is 4.59. The summed E-state index contributed by atoms with van der Waals surface area (Å²) in [7, 11) is 0. The third kappa shape index (κ3) is 9.62. The molecule has 0 aromatic heterocycles. The Morgan fingerprint density at radius 3 is 2.32 bits per heavy atom. The number of ether oxygens (including phenoxy) is 1. The largest absolute Gasteiger partial charge is 0.507 e. The van der Waals surface area contributed by atoms with Gasteiger partial charge in [-0.05, 0) is 91.9 Å². The number of piperazine rings is 1. The van der Waals surface area contributed by atoms with Gasteiger partial charge in [-0.2, -0.15) is 0 Å². The fourth-order valence-corrected chi connectivity index (χ4v) is 7.96. The molecule has 7 rings (SSSR count). The number of rotatable bonds is 12. The summed E-state index contributed by atoms with van der Waals surface area (Å²) in [5.41, 5.74) is 21.3. The van der Waals surface area contributed by atoms with Crippen LogP contribution in [0.3, 0.4) is 0 Å². The number of carbonyl (C=O) groups excluding carboxylic acids is 3. The molecule has 10 N–H and O–H groups in total. The Morgan fingerprint density at radius 1 is 0.893 bits per heavy atom. The van der Waals surface area contributed by atoms with E-state index in [-0.39, 0.29) is 29.6 Å². The Bertz CT molecular complexity index is 1940. The SMILES string of the molecule is N/C(=C\C(=C(/N)[NH3+])N1CC(Oc2cccc(CN3CCN(C(=O)CN4CCC(c5ccc(NC6CCC(=O)NC6=O)cc5)CC4)CC3)c2)C1)c1ccccc1O. The second-order valence-corrected chi connectivity index (χ2v) is 15.3. The number of nitrogens with one attached hydrogen (secondary N) is 2. The number of piperidine rings is 2. The Hall–Kier alpha value is -5.57. The molecule has 3 aromatic rings. The van der Waals surface area contributed by atoms with Gasteiger partial charge in [-0.25, -0.2) is 0 Å². The first-order valence-corrected chi connectivity index (χ1v) is 19.6. The average molecular weight is 765 g/mol. The Labute approximate surface area is 327 Å². The van der Waals surface area contributed by atoms with Gasteiger partial charge < -0.3 is 42.2 Å². The van der Waals surface area contributed by atoms with Crippen molar-refractivity contribution in [1.82, 2.24) is 24.9 Å². The van der Waals surface area contributed by atoms with Crippen LogP contribution in [0.15, 0.2) is 90.4 Å². The van der Waals surface area contributed by atoms with E-state index in [1.54, 1.807) is 24.3 Å². The predicted octanol–water partition coefficient (Wildman–Crippen LogP) is 1.57. The molecule has 14 nitrogen and oxygen atoms in total. The standard InChI is InChI=1S/C42H53N9O5/c43-35(34-6-1-2-7-38(34)52)23-37(41(44)45)51-25-33(26-51)56-32-5-3-4-28(22-32)24-49-18-20-50(21-19-49)40(54)27-48-16-14-30(15-17-48)29-8-10-31(11-9-29)46-36-12-13-39(53)47-42(36)55/h1-11,22-23,30,33,36,46,52H,12-21,24-27,43-45H2,(H,47,53,55)/p+1/b35-23-. The number of phenols is 1. The van der Waals surface area contributed by atoms with Crippen molar-refractivity contribution >= 4 is 29.1 Å². The molecule has 4 heterocycles. The second-order valence-electron chi connectivity index (χ2n) is 15.3. The number of amides is 3. The van der Waals surface area contributed by atoms with E-state index >= 15 is 0 Å². The van der Waals surface area contributed by atoms with Gasteiger partial charge in [0, 0.05) is 56.1 Å². The molecule has 4 aliphatic rings. The van der Waals surface area contributed by atoms with Gasteiger partial charge in [0.25, 0.3) is 0 Å². The molecule has 1 unspecified atom stereocenters. The van der Waals surface area contributed by atoms with Crippen LogP contribution in [0, 0.1) is 0 Å². The molecule has 0 radical (unpaired) electrons. The maximum atomic E-state index is 13.3. The number of quaternary nitrogens is 1. The van der Waals surface area contributed by atoms with E-state index in [0.29, 0.717) is 61.2 Å². The number of carbonyl (C=O) groups is 3. The van der Waals surface area contributed by atoms with Gasteiger partial charge in [0.05, 0.1) is 19.6 Å². The van der Waals surface area contributed by atoms with E-state index in [9.17, 15) is 19.5 Å². The second kappa shape index (κ2) is 17.5. The summed E-state index contributed by atoms with van der Waals surface area (Å²) in [4.78, 5) is 45.6. The number of para-hydroxylation sites is 1. The molecular weight excluding hydrogens is 711 g/mol. The van der Waals surface area contributed by atoms with E-state index in [2.05, 4.69) is 55.3 Å². The number of likely N-dealkylation sites (tertiary alicyclic amines) is 2. The van der Waals surface area contributed by atoms with Crippen LogP contribution < -0.4 is 32.6 Å². The van der Waals surface area contributed by atoms with Crippen molar-refractivity contribution in [2.45, 2.75) is 50.3 Å². The molecule has 296 valence electrons. The highest BCUT2D eigenvalue weighted by atomic mass is 16.5. The first-order chi connectivity index (χ1) is 27.1. The molecule has 0 aliphatic carbocycles. The van der Waals surface area contributed by atoms with Crippen LogP contribution in [0.1, 0.15) is 48.3 Å². The van der Waals surface area contributed by atoms with Crippen molar-refractivity contribution in [3.05, 3.63) is 107 Å². The molecule has 3 aromatic carbocycles. The number of aromatic hydroxyl groups is 1. The maximum absolute atomic E-state index is 13.3. The minimum Gasteiger partial charge on any atom is -0.507 e. The molecule has 56 heavy (non-hydrogen) atoms. The lowest BCUT2D eigenvalue weighted by Crippen LogP contribution is -2.59. The maximum Gasteiger partial charge on any atom is 0.249 e. The van der Waals surface area contributed by atoms with Crippen LogP contribution in [0.25, 0.3) is 5.70 Å². The highest BCUT2D eigenvalue weighted by Gasteiger charge is 2.32. The van der Waals surface area contributed by atoms with Gasteiger partial charge >= 0.3 is 0 Å². The molecule has 4 aliphatic heterocycles. The van der Waals surface area contributed by atoms with Crippen LogP contribution in [-0.4, -0.2) is 113 Å². The molecule has 4 saturated heterocycles. The van der Waals surface area contributed by atoms with Crippen LogP contribution in [-0.2, 0) is 20.9 Å². The molecule has 3 amide bonds. The Balaban J connectivity index is 0.809. The normalized spacial score (nSPS) is 20.9. The highest BCUT2D eigenvalue weighted by Crippen LogP contribution is 2.30. The first-order valence-electron chi connectivity index (χ1n) is 19.6. The summed E-state index contributed by atoms with van der Waals surface area (Å²) < 4.78 is 6.32. The van der Waals surface area contributed by atoms with E-state index in [0.717, 1.165) is 70.1 Å². The van der Waals surface area contributed by atoms with Crippen molar-refractivity contribution in [2.75, 3.05) is 64.2 Å². The van der Waals surface area contributed by atoms with Crippen molar-refractivity contribution < 1.29 is 30.0 Å². The highest BCUT2D eigenvalue weighted by molar-refractivity contribution is 6.01. The molecule has 4 fully saturated rings. The van der Waals surface area contributed by atoms with E-state index in [4.69, 9.17) is 16.2 Å². The van der Waals surface area contributed by atoms with E-state index < -0.39 is 6.04 Å². The van der Waals surface area contributed by atoms with Gasteiger partial charge in [0.1, 0.15) is 29.3 Å². The lowest BCUT2D eigenvalue weighted by Gasteiger charge is -2.41. The lowest BCUT2D eigenvalue weighted by atomic mass is 9.89. The number of anilines is 1. The van der Waals surface area contributed by atoms with Crippen molar-refractivity contribution in [3.63, 3.8) is 0 Å². The van der Waals surface area contributed by atoms with Crippen LogP contribution in [0.4, 0.5) is 5.69 Å². The molecule has 14 heteroatoms. The quantitative estimate of drug-likeness (QED) is 0.116. The molecular formula is C42H54N9O5+. The number of phenolic OH excluding ortho intramolecular Hbond substituents is 1. The zero-order valence-electron chi connectivity index (χ0n) is 31.9.